The van der Waals surface area contributed by atoms with Crippen molar-refractivity contribution in [2.45, 2.75) is 64.6 Å². The second kappa shape index (κ2) is 8.71. The molecule has 3 aromatic rings. The van der Waals surface area contributed by atoms with Crippen molar-refractivity contribution in [3.05, 3.63) is 60.3 Å². The molecule has 0 amide bonds. The molecule has 0 radical (unpaired) electrons. The number of aryl methyl sites for hydroxylation is 1. The second-order valence-electron chi connectivity index (χ2n) is 10.2. The van der Waals surface area contributed by atoms with E-state index in [4.69, 9.17) is 0 Å². The average molecular weight is 449 g/mol. The number of anilines is 3. The minimum Gasteiger partial charge on any atom is -0.365 e. The number of aromatic nitrogens is 3. The fraction of sp³-hybridized carbons (Fsp3) is 0.423. The third-order valence-electron chi connectivity index (χ3n) is 6.85. The Morgan fingerprint density at radius 2 is 1.79 bits per heavy atom. The van der Waals surface area contributed by atoms with Crippen molar-refractivity contribution in [1.82, 2.24) is 19.9 Å². The van der Waals surface area contributed by atoms with Crippen LogP contribution in [0.3, 0.4) is 0 Å². The van der Waals surface area contributed by atoms with E-state index in [-0.39, 0.29) is 22.9 Å². The first-order valence-corrected chi connectivity index (χ1v) is 11.4. The van der Waals surface area contributed by atoms with Gasteiger partial charge in [-0.1, -0.05) is 12.1 Å². The summed E-state index contributed by atoms with van der Waals surface area (Å²) in [5.41, 5.74) is 4.12. The van der Waals surface area contributed by atoms with Gasteiger partial charge in [0.2, 0.25) is 5.95 Å². The van der Waals surface area contributed by atoms with Crippen molar-refractivity contribution in [2.24, 2.45) is 0 Å². The highest BCUT2D eigenvalue weighted by Crippen LogP contribution is 2.38. The smallest absolute Gasteiger partial charge is 0.229 e. The van der Waals surface area contributed by atoms with Crippen LogP contribution in [-0.2, 0) is 0 Å². The van der Waals surface area contributed by atoms with Crippen LogP contribution in [0.25, 0.3) is 11.1 Å². The predicted octanol–water partition coefficient (Wildman–Crippen LogP) is 5.79. The van der Waals surface area contributed by atoms with Crippen LogP contribution in [0.2, 0.25) is 0 Å². The van der Waals surface area contributed by atoms with Crippen LogP contribution in [0.4, 0.5) is 21.8 Å². The molecule has 0 aliphatic carbocycles. The van der Waals surface area contributed by atoms with Gasteiger partial charge in [-0.15, -0.1) is 0 Å². The molecule has 0 unspecified atom stereocenters. The van der Waals surface area contributed by atoms with Crippen molar-refractivity contribution < 1.29 is 4.39 Å². The first-order valence-electron chi connectivity index (χ1n) is 11.4. The number of halogens is 1. The zero-order chi connectivity index (χ0) is 23.8. The van der Waals surface area contributed by atoms with E-state index in [1.54, 1.807) is 6.20 Å². The highest BCUT2D eigenvalue weighted by Gasteiger charge is 2.43. The van der Waals surface area contributed by atoms with Gasteiger partial charge in [0.1, 0.15) is 0 Å². The topological polar surface area (TPSA) is 66.0 Å². The zero-order valence-electron chi connectivity index (χ0n) is 20.3. The van der Waals surface area contributed by atoms with E-state index in [1.807, 2.05) is 36.5 Å². The molecule has 1 aliphatic heterocycles. The number of hydrogen-bond acceptors (Lipinski definition) is 6. The van der Waals surface area contributed by atoms with Gasteiger partial charge < -0.3 is 10.6 Å². The van der Waals surface area contributed by atoms with Gasteiger partial charge in [0.15, 0.2) is 11.6 Å². The monoisotopic (exact) mass is 448 g/mol. The standard InChI is InChI=1S/C26H33FN6/c1-17-12-19(9-10-21(17)18-8-7-11-28-15-18)31-24-29-16-22(27)23(32-24)30-20-13-25(2,3)33(6)26(4,5)14-20/h7-12,15-16,20H,13-14H2,1-6H3,(H2,29,30,31,32). The van der Waals surface area contributed by atoms with Gasteiger partial charge in [0, 0.05) is 40.8 Å². The Bertz CT molecular complexity index is 1110. The maximum atomic E-state index is 14.6. The zero-order valence-corrected chi connectivity index (χ0v) is 20.3. The molecule has 4 rings (SSSR count). The average Bonchev–Trinajstić information content (AvgIpc) is 2.75. The number of hydrogen-bond donors (Lipinski definition) is 2. The fourth-order valence-electron chi connectivity index (χ4n) is 4.91. The van der Waals surface area contributed by atoms with E-state index in [1.165, 1.54) is 6.20 Å². The van der Waals surface area contributed by atoms with E-state index in [2.05, 4.69) is 72.2 Å². The minimum atomic E-state index is -0.446. The van der Waals surface area contributed by atoms with Crippen LogP contribution >= 0.6 is 0 Å². The Morgan fingerprint density at radius 1 is 1.06 bits per heavy atom. The van der Waals surface area contributed by atoms with Crippen molar-refractivity contribution in [3.8, 4) is 11.1 Å². The van der Waals surface area contributed by atoms with E-state index >= 15 is 0 Å². The lowest BCUT2D eigenvalue weighted by Gasteiger charge is -2.53. The molecule has 1 aliphatic rings. The number of pyridine rings is 1. The maximum Gasteiger partial charge on any atom is 0.229 e. The molecular weight excluding hydrogens is 415 g/mol. The lowest BCUT2D eigenvalue weighted by atomic mass is 9.77. The number of likely N-dealkylation sites (tertiary alicyclic amines) is 1. The minimum absolute atomic E-state index is 0.00243. The van der Waals surface area contributed by atoms with Gasteiger partial charge in [0.25, 0.3) is 0 Å². The van der Waals surface area contributed by atoms with Gasteiger partial charge >= 0.3 is 0 Å². The van der Waals surface area contributed by atoms with Gasteiger partial charge in [0.05, 0.1) is 6.20 Å². The molecule has 2 aromatic heterocycles. The number of benzene rings is 1. The fourth-order valence-corrected chi connectivity index (χ4v) is 4.91. The molecule has 7 heteroatoms. The lowest BCUT2D eigenvalue weighted by molar-refractivity contribution is -0.00778. The van der Waals surface area contributed by atoms with Crippen molar-refractivity contribution >= 4 is 17.5 Å². The molecule has 33 heavy (non-hydrogen) atoms. The molecule has 1 saturated heterocycles. The molecule has 0 saturated carbocycles. The van der Waals surface area contributed by atoms with E-state index in [9.17, 15) is 4.39 Å². The van der Waals surface area contributed by atoms with Gasteiger partial charge in [-0.05, 0) is 83.8 Å². The Labute approximate surface area is 195 Å². The maximum absolute atomic E-state index is 14.6. The molecule has 0 atom stereocenters. The van der Waals surface area contributed by atoms with E-state index in [0.717, 1.165) is 35.2 Å². The first kappa shape index (κ1) is 23.1. The van der Waals surface area contributed by atoms with Crippen LogP contribution in [0.15, 0.2) is 48.9 Å². The molecule has 174 valence electrons. The number of nitrogens with one attached hydrogen (secondary N) is 2. The highest BCUT2D eigenvalue weighted by atomic mass is 19.1. The lowest BCUT2D eigenvalue weighted by Crippen LogP contribution is -2.61. The summed E-state index contributed by atoms with van der Waals surface area (Å²) in [4.78, 5) is 15.2. The normalized spacial score (nSPS) is 18.2. The summed E-state index contributed by atoms with van der Waals surface area (Å²) < 4.78 is 14.6. The SMILES string of the molecule is Cc1cc(Nc2ncc(F)c(NC3CC(C)(C)N(C)C(C)(C)C3)n2)ccc1-c1cccnc1. The summed E-state index contributed by atoms with van der Waals surface area (Å²) in [5, 5.41) is 6.56. The van der Waals surface area contributed by atoms with Crippen molar-refractivity contribution in [3.63, 3.8) is 0 Å². The van der Waals surface area contributed by atoms with Crippen molar-refractivity contribution in [1.29, 1.82) is 0 Å². The van der Waals surface area contributed by atoms with Gasteiger partial charge in [-0.25, -0.2) is 9.37 Å². The molecule has 2 N–H and O–H groups in total. The summed E-state index contributed by atoms with van der Waals surface area (Å²) in [7, 11) is 2.16. The van der Waals surface area contributed by atoms with Gasteiger partial charge in [-0.3, -0.25) is 9.88 Å². The Hall–Kier alpha value is -3.06. The van der Waals surface area contributed by atoms with Crippen LogP contribution in [0, 0.1) is 12.7 Å². The molecule has 1 fully saturated rings. The Morgan fingerprint density at radius 3 is 2.42 bits per heavy atom. The predicted molar refractivity (Wildman–Crippen MR) is 132 cm³/mol. The third-order valence-corrected chi connectivity index (χ3v) is 6.85. The molecule has 0 bridgehead atoms. The van der Waals surface area contributed by atoms with E-state index in [0.29, 0.717) is 5.95 Å². The summed E-state index contributed by atoms with van der Waals surface area (Å²) in [6.45, 7) is 11.0. The quantitative estimate of drug-likeness (QED) is 0.515. The van der Waals surface area contributed by atoms with Crippen LogP contribution < -0.4 is 10.6 Å². The molecule has 0 spiro atoms. The van der Waals surface area contributed by atoms with Crippen LogP contribution in [-0.4, -0.2) is 44.0 Å². The first-order chi connectivity index (χ1) is 15.5. The van der Waals surface area contributed by atoms with Crippen LogP contribution in [0.1, 0.15) is 46.1 Å². The van der Waals surface area contributed by atoms with Crippen molar-refractivity contribution in [2.75, 3.05) is 17.7 Å². The Balaban J connectivity index is 1.52. The third kappa shape index (κ3) is 4.98. The molecular formula is C26H33FN6. The van der Waals surface area contributed by atoms with Crippen LogP contribution in [0.5, 0.6) is 0 Å². The highest BCUT2D eigenvalue weighted by molar-refractivity contribution is 5.70. The molecule has 6 nitrogen and oxygen atoms in total. The summed E-state index contributed by atoms with van der Waals surface area (Å²) in [5.74, 6) is 0.148. The largest absolute Gasteiger partial charge is 0.365 e. The molecule has 1 aromatic carbocycles. The summed E-state index contributed by atoms with van der Waals surface area (Å²) >= 11 is 0. The summed E-state index contributed by atoms with van der Waals surface area (Å²) in [6, 6.07) is 10.1. The number of piperidine rings is 1. The number of nitrogens with zero attached hydrogens (tertiary/aromatic N) is 4. The summed E-state index contributed by atoms with van der Waals surface area (Å²) in [6.07, 6.45) is 6.63. The molecule has 3 heterocycles. The number of rotatable bonds is 5. The Kier molecular flexibility index (Phi) is 6.10. The van der Waals surface area contributed by atoms with E-state index < -0.39 is 5.82 Å². The van der Waals surface area contributed by atoms with Gasteiger partial charge in [-0.2, -0.15) is 4.98 Å². The second-order valence-corrected chi connectivity index (χ2v) is 10.2.